The molecule has 0 aliphatic carbocycles. The van der Waals surface area contributed by atoms with Gasteiger partial charge in [-0.1, -0.05) is 26.2 Å². The van der Waals surface area contributed by atoms with Crippen molar-refractivity contribution in [1.29, 1.82) is 0 Å². The van der Waals surface area contributed by atoms with Crippen molar-refractivity contribution in [3.8, 4) is 0 Å². The van der Waals surface area contributed by atoms with E-state index in [1.165, 1.54) is 12.8 Å². The number of hydrogen-bond acceptors (Lipinski definition) is 1. The van der Waals surface area contributed by atoms with Gasteiger partial charge in [-0.05, 0) is 6.42 Å². The molecule has 0 aliphatic rings. The van der Waals surface area contributed by atoms with E-state index in [0.717, 1.165) is 12.8 Å². The van der Waals surface area contributed by atoms with Gasteiger partial charge in [0.15, 0.2) is 0 Å². The Balaban J connectivity index is 0.000000211. The van der Waals surface area contributed by atoms with Crippen molar-refractivity contribution in [2.45, 2.75) is 32.6 Å². The van der Waals surface area contributed by atoms with Crippen LogP contribution < -0.4 is 0 Å². The molecular weight excluding hydrogens is 152 g/mol. The minimum Gasteiger partial charge on any atom is -0.351 e. The van der Waals surface area contributed by atoms with E-state index in [2.05, 4.69) is 16.9 Å². The normalized spacial score (nSPS) is 8.83. The molecule has 1 N–H and O–H groups in total. The lowest BCUT2D eigenvalue weighted by atomic mass is 10.2. The second-order valence-electron chi connectivity index (χ2n) is 2.53. The number of H-pyrrole nitrogens is 1. The van der Waals surface area contributed by atoms with Crippen LogP contribution in [0.3, 0.4) is 0 Å². The Bertz CT molecular complexity index is 119. The van der Waals surface area contributed by atoms with Gasteiger partial charge in [-0.25, -0.2) is 10.1 Å². The molecule has 12 heavy (non-hydrogen) atoms. The van der Waals surface area contributed by atoms with Crippen LogP contribution in [-0.2, 0) is 5.11 Å². The molecule has 1 aromatic heterocycles. The molecular formula is C9H17N2O. The predicted molar refractivity (Wildman–Crippen MR) is 48.3 cm³/mol. The Labute approximate surface area is 73.8 Å². The molecule has 3 heteroatoms. The van der Waals surface area contributed by atoms with Crippen molar-refractivity contribution in [2.75, 3.05) is 6.61 Å². The van der Waals surface area contributed by atoms with Gasteiger partial charge in [0.1, 0.15) is 0 Å². The molecule has 0 atom stereocenters. The largest absolute Gasteiger partial charge is 0.351 e. The highest BCUT2D eigenvalue weighted by Gasteiger charge is 1.82. The molecule has 0 saturated heterocycles. The van der Waals surface area contributed by atoms with Crippen molar-refractivity contribution in [2.24, 2.45) is 0 Å². The first-order valence-corrected chi connectivity index (χ1v) is 4.42. The smallest absolute Gasteiger partial charge is 0.0919 e. The van der Waals surface area contributed by atoms with Crippen molar-refractivity contribution in [3.63, 3.8) is 0 Å². The van der Waals surface area contributed by atoms with Gasteiger partial charge in [0, 0.05) is 12.4 Å². The molecule has 0 unspecified atom stereocenters. The average Bonchev–Trinajstić information content (AvgIpc) is 2.62. The molecule has 0 fully saturated rings. The molecule has 0 spiro atoms. The maximum atomic E-state index is 9.80. The summed E-state index contributed by atoms with van der Waals surface area (Å²) in [5, 5.41) is 9.80. The lowest BCUT2D eigenvalue weighted by Gasteiger charge is -1.89. The minimum absolute atomic E-state index is 0.111. The summed E-state index contributed by atoms with van der Waals surface area (Å²) in [6.07, 6.45) is 9.52. The Kier molecular flexibility index (Phi) is 9.47. The van der Waals surface area contributed by atoms with E-state index in [9.17, 15) is 5.11 Å². The number of aromatic nitrogens is 2. The molecule has 3 nitrogen and oxygen atoms in total. The molecule has 0 bridgehead atoms. The number of unbranched alkanes of at least 4 members (excludes halogenated alkanes) is 3. The number of rotatable bonds is 4. The maximum Gasteiger partial charge on any atom is 0.0919 e. The highest BCUT2D eigenvalue weighted by molar-refractivity contribution is 4.64. The van der Waals surface area contributed by atoms with Crippen LogP contribution in [-0.4, -0.2) is 16.6 Å². The average molecular weight is 169 g/mol. The lowest BCUT2D eigenvalue weighted by molar-refractivity contribution is 0.186. The first-order chi connectivity index (χ1) is 5.91. The third-order valence-corrected chi connectivity index (χ3v) is 1.40. The number of imidazole rings is 1. The molecule has 0 aliphatic heterocycles. The van der Waals surface area contributed by atoms with E-state index in [1.54, 1.807) is 18.7 Å². The van der Waals surface area contributed by atoms with Gasteiger partial charge in [-0.3, -0.25) is 0 Å². The van der Waals surface area contributed by atoms with Gasteiger partial charge in [0.25, 0.3) is 0 Å². The Morgan fingerprint density at radius 3 is 2.50 bits per heavy atom. The van der Waals surface area contributed by atoms with E-state index < -0.39 is 0 Å². The van der Waals surface area contributed by atoms with Crippen LogP contribution in [0.2, 0.25) is 0 Å². The number of nitrogens with one attached hydrogen (secondary N) is 1. The third kappa shape index (κ3) is 9.17. The van der Waals surface area contributed by atoms with Crippen molar-refractivity contribution < 1.29 is 5.11 Å². The monoisotopic (exact) mass is 169 g/mol. The van der Waals surface area contributed by atoms with Crippen LogP contribution in [0.4, 0.5) is 0 Å². The zero-order valence-corrected chi connectivity index (χ0v) is 7.62. The molecule has 1 rings (SSSR count). The summed E-state index contributed by atoms with van der Waals surface area (Å²) in [7, 11) is 0. The highest BCUT2D eigenvalue weighted by Crippen LogP contribution is 1.96. The van der Waals surface area contributed by atoms with E-state index in [-0.39, 0.29) is 6.61 Å². The van der Waals surface area contributed by atoms with Crippen LogP contribution in [0.5, 0.6) is 0 Å². The summed E-state index contributed by atoms with van der Waals surface area (Å²) < 4.78 is 0. The Hall–Kier alpha value is -0.830. The topological polar surface area (TPSA) is 48.6 Å². The van der Waals surface area contributed by atoms with Crippen molar-refractivity contribution >= 4 is 0 Å². The van der Waals surface area contributed by atoms with E-state index in [0.29, 0.717) is 0 Å². The first-order valence-electron chi connectivity index (χ1n) is 4.42. The van der Waals surface area contributed by atoms with Crippen molar-refractivity contribution in [3.05, 3.63) is 18.7 Å². The molecule has 1 heterocycles. The third-order valence-electron chi connectivity index (χ3n) is 1.40. The first kappa shape index (κ1) is 11.2. The van der Waals surface area contributed by atoms with E-state index >= 15 is 0 Å². The fourth-order valence-corrected chi connectivity index (χ4v) is 0.744. The summed E-state index contributed by atoms with van der Waals surface area (Å²) in [6.45, 7) is 2.25. The van der Waals surface area contributed by atoms with Crippen LogP contribution >= 0.6 is 0 Å². The molecule has 0 saturated carbocycles. The number of aromatic amines is 1. The fraction of sp³-hybridized carbons (Fsp3) is 0.667. The van der Waals surface area contributed by atoms with Crippen LogP contribution in [0.1, 0.15) is 32.6 Å². The summed E-state index contributed by atoms with van der Waals surface area (Å²) >= 11 is 0. The predicted octanol–water partition coefficient (Wildman–Crippen LogP) is 2.41. The summed E-state index contributed by atoms with van der Waals surface area (Å²) in [4.78, 5) is 6.42. The van der Waals surface area contributed by atoms with E-state index in [4.69, 9.17) is 0 Å². The maximum absolute atomic E-state index is 9.80. The summed E-state index contributed by atoms with van der Waals surface area (Å²) in [5.41, 5.74) is 0. The van der Waals surface area contributed by atoms with E-state index in [1.807, 2.05) is 0 Å². The second-order valence-corrected chi connectivity index (χ2v) is 2.53. The van der Waals surface area contributed by atoms with Gasteiger partial charge < -0.3 is 4.98 Å². The van der Waals surface area contributed by atoms with Crippen LogP contribution in [0, 0.1) is 0 Å². The molecule has 0 aromatic carbocycles. The van der Waals surface area contributed by atoms with Crippen molar-refractivity contribution in [1.82, 2.24) is 9.97 Å². The SMILES string of the molecule is CCCCCC[O].c1c[nH]cn1. The summed E-state index contributed by atoms with van der Waals surface area (Å²) in [5.74, 6) is 0. The lowest BCUT2D eigenvalue weighted by Crippen LogP contribution is -1.78. The zero-order chi connectivity index (χ0) is 9.07. The number of hydrogen-bond donors (Lipinski definition) is 1. The Morgan fingerprint density at radius 1 is 1.33 bits per heavy atom. The standard InChI is InChI=1S/C6H13O.C3H4N2/c1-2-3-4-5-6-7;1-2-5-3-4-1/h2-6H2,1H3;1-3H,(H,4,5). The van der Waals surface area contributed by atoms with Crippen LogP contribution in [0.15, 0.2) is 18.7 Å². The van der Waals surface area contributed by atoms with Gasteiger partial charge >= 0.3 is 0 Å². The fourth-order valence-electron chi connectivity index (χ4n) is 0.744. The Morgan fingerprint density at radius 2 is 2.17 bits per heavy atom. The van der Waals surface area contributed by atoms with Crippen LogP contribution in [0.25, 0.3) is 0 Å². The van der Waals surface area contributed by atoms with Gasteiger partial charge in [-0.2, -0.15) is 0 Å². The minimum atomic E-state index is 0.111. The molecule has 1 radical (unpaired) electrons. The van der Waals surface area contributed by atoms with Gasteiger partial charge in [0.2, 0.25) is 0 Å². The molecule has 69 valence electrons. The zero-order valence-electron chi connectivity index (χ0n) is 7.62. The van der Waals surface area contributed by atoms with Gasteiger partial charge in [-0.15, -0.1) is 0 Å². The quantitative estimate of drug-likeness (QED) is 0.691. The number of nitrogens with zero attached hydrogens (tertiary/aromatic N) is 1. The van der Waals surface area contributed by atoms with Gasteiger partial charge in [0.05, 0.1) is 12.9 Å². The highest BCUT2D eigenvalue weighted by atomic mass is 16.2. The summed E-state index contributed by atoms with van der Waals surface area (Å²) in [6, 6.07) is 0. The molecule has 1 aromatic rings. The molecule has 0 amide bonds. The second kappa shape index (κ2) is 10.2.